The maximum atomic E-state index is 5.36. The van der Waals surface area contributed by atoms with Gasteiger partial charge < -0.3 is 16.5 Å². The lowest BCUT2D eigenvalue weighted by Crippen LogP contribution is -2.25. The van der Waals surface area contributed by atoms with Gasteiger partial charge in [-0.2, -0.15) is 0 Å². The largest absolute Gasteiger partial charge is 0.346 e. The van der Waals surface area contributed by atoms with Crippen molar-refractivity contribution in [3.63, 3.8) is 0 Å². The molecule has 0 bridgehead atoms. The fraction of sp³-hybridized carbons (Fsp3) is 0.583. The number of aryl methyl sites for hydroxylation is 1. The fourth-order valence-corrected chi connectivity index (χ4v) is 1.57. The Hall–Kier alpha value is -1.53. The second kappa shape index (κ2) is 7.03. The molecule has 2 rings (SSSR count). The predicted molar refractivity (Wildman–Crippen MR) is 75.1 cm³/mol. The Balaban J connectivity index is 0.000000180. The van der Waals surface area contributed by atoms with Gasteiger partial charge in [0.2, 0.25) is 0 Å². The Morgan fingerprint density at radius 3 is 2.56 bits per heavy atom. The van der Waals surface area contributed by atoms with Gasteiger partial charge in [-0.15, -0.1) is 0 Å². The van der Waals surface area contributed by atoms with Gasteiger partial charge >= 0.3 is 0 Å². The van der Waals surface area contributed by atoms with Gasteiger partial charge in [-0.3, -0.25) is 4.99 Å². The monoisotopic (exact) mass is 250 g/mol. The van der Waals surface area contributed by atoms with Gasteiger partial charge in [0.15, 0.2) is 0 Å². The Labute approximate surface area is 108 Å². The molecule has 1 atom stereocenters. The van der Waals surface area contributed by atoms with E-state index < -0.39 is 0 Å². The number of imidazole rings is 1. The number of nitrogens with zero attached hydrogens (tertiary/aromatic N) is 3. The van der Waals surface area contributed by atoms with Gasteiger partial charge in [-0.1, -0.05) is 0 Å². The molecule has 0 radical (unpaired) electrons. The number of hydrogen-bond donors (Lipinski definition) is 3. The van der Waals surface area contributed by atoms with Crippen molar-refractivity contribution in [2.75, 3.05) is 13.1 Å². The molecule has 1 aromatic heterocycles. The number of aromatic amines is 1. The van der Waals surface area contributed by atoms with Crippen molar-refractivity contribution in [2.45, 2.75) is 32.2 Å². The van der Waals surface area contributed by atoms with Crippen molar-refractivity contribution >= 4 is 12.6 Å². The van der Waals surface area contributed by atoms with E-state index in [2.05, 4.69) is 20.0 Å². The summed E-state index contributed by atoms with van der Waals surface area (Å²) < 4.78 is 0. The van der Waals surface area contributed by atoms with E-state index in [1.807, 2.05) is 26.3 Å². The van der Waals surface area contributed by atoms with Crippen molar-refractivity contribution in [3.8, 4) is 0 Å². The third-order valence-electron chi connectivity index (χ3n) is 2.59. The molecule has 0 aromatic carbocycles. The van der Waals surface area contributed by atoms with Crippen LogP contribution in [0, 0.1) is 6.92 Å². The first-order valence-corrected chi connectivity index (χ1v) is 6.08. The van der Waals surface area contributed by atoms with Gasteiger partial charge in [0.25, 0.3) is 0 Å². The van der Waals surface area contributed by atoms with Gasteiger partial charge in [-0.25, -0.2) is 9.98 Å². The van der Waals surface area contributed by atoms with E-state index in [4.69, 9.17) is 11.5 Å². The molecule has 1 aliphatic rings. The van der Waals surface area contributed by atoms with Crippen LogP contribution in [0.15, 0.2) is 16.2 Å². The van der Waals surface area contributed by atoms with Gasteiger partial charge in [0, 0.05) is 24.5 Å². The number of aliphatic imine (C=N–C) groups is 2. The first-order valence-electron chi connectivity index (χ1n) is 6.08. The van der Waals surface area contributed by atoms with Gasteiger partial charge in [0.05, 0.1) is 5.54 Å². The van der Waals surface area contributed by atoms with E-state index in [9.17, 15) is 0 Å². The highest BCUT2D eigenvalue weighted by molar-refractivity contribution is 5.85. The standard InChI is InChI=1S/2C6H11N3/c1-6(2-3-7)4-8-5-9-6;1-5-8-4-6(9-5)2-3-7/h4-5H,2-3,7H2,1H3;4H,2-3,7H2,1H3,(H,8,9). The smallest absolute Gasteiger partial charge is 0.110 e. The molecule has 0 aliphatic carbocycles. The van der Waals surface area contributed by atoms with Crippen molar-refractivity contribution < 1.29 is 0 Å². The third-order valence-corrected chi connectivity index (χ3v) is 2.59. The molecule has 1 aromatic rings. The first kappa shape index (κ1) is 14.5. The lowest BCUT2D eigenvalue weighted by Gasteiger charge is -2.13. The molecule has 0 amide bonds. The number of aromatic nitrogens is 2. The second-order valence-electron chi connectivity index (χ2n) is 4.45. The molecule has 0 fully saturated rings. The van der Waals surface area contributed by atoms with Crippen LogP contribution in [0.3, 0.4) is 0 Å². The fourth-order valence-electron chi connectivity index (χ4n) is 1.57. The van der Waals surface area contributed by atoms with Crippen LogP contribution < -0.4 is 11.5 Å². The van der Waals surface area contributed by atoms with E-state index in [0.717, 1.165) is 24.4 Å². The lowest BCUT2D eigenvalue weighted by molar-refractivity contribution is 0.600. The quantitative estimate of drug-likeness (QED) is 0.721. The second-order valence-corrected chi connectivity index (χ2v) is 4.45. The Kier molecular flexibility index (Phi) is 5.67. The summed E-state index contributed by atoms with van der Waals surface area (Å²) >= 11 is 0. The topological polar surface area (TPSA) is 105 Å². The van der Waals surface area contributed by atoms with E-state index in [1.54, 1.807) is 6.34 Å². The van der Waals surface area contributed by atoms with Crippen LogP contribution in [-0.2, 0) is 6.42 Å². The van der Waals surface area contributed by atoms with Crippen LogP contribution in [0.25, 0.3) is 0 Å². The molecule has 0 spiro atoms. The Morgan fingerprint density at radius 1 is 1.33 bits per heavy atom. The molecular formula is C12H22N6. The molecule has 1 aliphatic heterocycles. The molecule has 6 heteroatoms. The van der Waals surface area contributed by atoms with Crippen LogP contribution in [0.5, 0.6) is 0 Å². The van der Waals surface area contributed by atoms with Crippen LogP contribution in [0.1, 0.15) is 24.9 Å². The Bertz CT molecular complexity index is 394. The number of rotatable bonds is 4. The summed E-state index contributed by atoms with van der Waals surface area (Å²) in [6.45, 7) is 5.30. The highest BCUT2D eigenvalue weighted by Crippen LogP contribution is 2.13. The maximum absolute atomic E-state index is 5.36. The molecule has 18 heavy (non-hydrogen) atoms. The molecule has 5 N–H and O–H groups in total. The molecule has 2 heterocycles. The normalized spacial score (nSPS) is 20.9. The summed E-state index contributed by atoms with van der Waals surface area (Å²) in [6, 6.07) is 0. The summed E-state index contributed by atoms with van der Waals surface area (Å²) in [5, 5.41) is 0. The molecule has 0 saturated heterocycles. The van der Waals surface area contributed by atoms with Crippen LogP contribution in [0.4, 0.5) is 0 Å². The van der Waals surface area contributed by atoms with Crippen LogP contribution >= 0.6 is 0 Å². The summed E-state index contributed by atoms with van der Waals surface area (Å²) in [5.41, 5.74) is 11.7. The van der Waals surface area contributed by atoms with E-state index in [1.165, 1.54) is 0 Å². The van der Waals surface area contributed by atoms with E-state index in [-0.39, 0.29) is 5.54 Å². The minimum atomic E-state index is -0.102. The average molecular weight is 250 g/mol. The van der Waals surface area contributed by atoms with Gasteiger partial charge in [-0.05, 0) is 33.4 Å². The zero-order chi connectivity index (χ0) is 13.4. The summed E-state index contributed by atoms with van der Waals surface area (Å²) in [7, 11) is 0. The number of nitrogens with two attached hydrogens (primary N) is 2. The number of hydrogen-bond acceptors (Lipinski definition) is 5. The SMILES string of the molecule is CC1(CCN)C=NC=N1.Cc1ncc(CCN)[nH]1. The average Bonchev–Trinajstić information content (AvgIpc) is 2.90. The molecule has 0 saturated carbocycles. The Morgan fingerprint density at radius 2 is 2.11 bits per heavy atom. The summed E-state index contributed by atoms with van der Waals surface area (Å²) in [6.07, 6.45) is 7.01. The van der Waals surface area contributed by atoms with Crippen LogP contribution in [-0.4, -0.2) is 41.1 Å². The minimum absolute atomic E-state index is 0.102. The number of nitrogens with one attached hydrogen (secondary N) is 1. The highest BCUT2D eigenvalue weighted by atomic mass is 15.0. The predicted octanol–water partition coefficient (Wildman–Crippen LogP) is 0.426. The highest BCUT2D eigenvalue weighted by Gasteiger charge is 2.20. The molecule has 1 unspecified atom stereocenters. The first-order chi connectivity index (χ1) is 8.59. The zero-order valence-corrected chi connectivity index (χ0v) is 11.1. The minimum Gasteiger partial charge on any atom is -0.346 e. The molecular weight excluding hydrogens is 228 g/mol. The zero-order valence-electron chi connectivity index (χ0n) is 11.1. The van der Waals surface area contributed by atoms with E-state index in [0.29, 0.717) is 13.1 Å². The van der Waals surface area contributed by atoms with Crippen molar-refractivity contribution in [1.29, 1.82) is 0 Å². The van der Waals surface area contributed by atoms with Crippen molar-refractivity contribution in [3.05, 3.63) is 17.7 Å². The van der Waals surface area contributed by atoms with Crippen molar-refractivity contribution in [1.82, 2.24) is 9.97 Å². The molecule has 100 valence electrons. The molecule has 6 nitrogen and oxygen atoms in total. The van der Waals surface area contributed by atoms with E-state index >= 15 is 0 Å². The van der Waals surface area contributed by atoms with Crippen molar-refractivity contribution in [2.24, 2.45) is 21.5 Å². The third kappa shape index (κ3) is 4.77. The summed E-state index contributed by atoms with van der Waals surface area (Å²) in [5.74, 6) is 0.957. The van der Waals surface area contributed by atoms with Gasteiger partial charge in [0.1, 0.15) is 12.2 Å². The lowest BCUT2D eigenvalue weighted by atomic mass is 10.0. The number of H-pyrrole nitrogens is 1. The summed E-state index contributed by atoms with van der Waals surface area (Å²) in [4.78, 5) is 15.1. The maximum Gasteiger partial charge on any atom is 0.110 e. The van der Waals surface area contributed by atoms with Crippen LogP contribution in [0.2, 0.25) is 0 Å².